The number of allylic oxidation sites excluding steroid dienone is 4. The van der Waals surface area contributed by atoms with Gasteiger partial charge in [-0.3, -0.25) is 23.4 Å². The summed E-state index contributed by atoms with van der Waals surface area (Å²) in [5.41, 5.74) is 5.30. The molecule has 3 atom stereocenters. The molecule has 280 valence electrons. The average molecular weight is 704 g/mol. The topological polar surface area (TPSA) is 172 Å². The SMILES string of the molecule is CCCCCC/C=C\C/C=C\CCCCCCCCCC(=O)OC(COC(=O)CCCCCCCC)COP(=O)(O)OCC(N)C(=O)O. The van der Waals surface area contributed by atoms with Crippen LogP contribution in [-0.2, 0) is 37.5 Å². The van der Waals surface area contributed by atoms with E-state index in [4.69, 9.17) is 24.8 Å². The van der Waals surface area contributed by atoms with Gasteiger partial charge in [-0.1, -0.05) is 122 Å². The number of ether oxygens (including phenoxy) is 2. The molecule has 11 nitrogen and oxygen atoms in total. The third-order valence-corrected chi connectivity index (χ3v) is 8.65. The lowest BCUT2D eigenvalue weighted by Crippen LogP contribution is -2.34. The molecule has 0 saturated heterocycles. The zero-order valence-corrected chi connectivity index (χ0v) is 30.7. The lowest BCUT2D eigenvalue weighted by molar-refractivity contribution is -0.161. The van der Waals surface area contributed by atoms with Crippen molar-refractivity contribution < 1.29 is 47.5 Å². The van der Waals surface area contributed by atoms with Gasteiger partial charge in [-0.15, -0.1) is 0 Å². The summed E-state index contributed by atoms with van der Waals surface area (Å²) >= 11 is 0. The molecule has 0 aliphatic rings. The van der Waals surface area contributed by atoms with E-state index in [-0.39, 0.29) is 19.4 Å². The van der Waals surface area contributed by atoms with Crippen LogP contribution < -0.4 is 5.73 Å². The number of carbonyl (C=O) groups excluding carboxylic acids is 2. The molecule has 3 unspecified atom stereocenters. The van der Waals surface area contributed by atoms with Crippen molar-refractivity contribution >= 4 is 25.7 Å². The maximum atomic E-state index is 12.5. The van der Waals surface area contributed by atoms with Crippen molar-refractivity contribution in [2.24, 2.45) is 5.73 Å². The van der Waals surface area contributed by atoms with Crippen molar-refractivity contribution in [3.63, 3.8) is 0 Å². The van der Waals surface area contributed by atoms with Crippen LogP contribution in [0.3, 0.4) is 0 Å². The molecule has 0 saturated carbocycles. The van der Waals surface area contributed by atoms with E-state index in [9.17, 15) is 23.8 Å². The highest BCUT2D eigenvalue weighted by Crippen LogP contribution is 2.43. The molecule has 48 heavy (non-hydrogen) atoms. The van der Waals surface area contributed by atoms with Crippen LogP contribution in [0.2, 0.25) is 0 Å². The van der Waals surface area contributed by atoms with Gasteiger partial charge in [0.2, 0.25) is 0 Å². The fourth-order valence-corrected chi connectivity index (χ4v) is 5.52. The van der Waals surface area contributed by atoms with Gasteiger partial charge >= 0.3 is 25.7 Å². The molecule has 0 aliphatic carbocycles. The van der Waals surface area contributed by atoms with Gasteiger partial charge in [0.15, 0.2) is 6.10 Å². The highest BCUT2D eigenvalue weighted by molar-refractivity contribution is 7.47. The molecule has 0 aromatic carbocycles. The predicted molar refractivity (Wildman–Crippen MR) is 189 cm³/mol. The Morgan fingerprint density at radius 2 is 1.10 bits per heavy atom. The number of aliphatic carboxylic acids is 1. The number of hydrogen-bond donors (Lipinski definition) is 3. The summed E-state index contributed by atoms with van der Waals surface area (Å²) in [5, 5.41) is 8.83. The number of nitrogens with two attached hydrogens (primary N) is 1. The maximum absolute atomic E-state index is 12.5. The fourth-order valence-electron chi connectivity index (χ4n) is 4.74. The highest BCUT2D eigenvalue weighted by Gasteiger charge is 2.28. The Labute approximate surface area is 290 Å². The number of carboxylic acid groups (broad SMARTS) is 1. The van der Waals surface area contributed by atoms with Crippen LogP contribution in [0.4, 0.5) is 0 Å². The number of rotatable bonds is 34. The van der Waals surface area contributed by atoms with Crippen LogP contribution in [0, 0.1) is 0 Å². The Balaban J connectivity index is 4.34. The van der Waals surface area contributed by atoms with Crippen molar-refractivity contribution in [3.8, 4) is 0 Å². The van der Waals surface area contributed by atoms with Crippen LogP contribution in [-0.4, -0.2) is 59.9 Å². The minimum Gasteiger partial charge on any atom is -0.480 e. The van der Waals surface area contributed by atoms with Gasteiger partial charge in [-0.2, -0.15) is 0 Å². The summed E-state index contributed by atoms with van der Waals surface area (Å²) in [5.74, 6) is -2.40. The normalized spacial score (nSPS) is 14.2. The summed E-state index contributed by atoms with van der Waals surface area (Å²) in [4.78, 5) is 45.4. The molecule has 0 aromatic heterocycles. The van der Waals surface area contributed by atoms with Gasteiger partial charge in [0, 0.05) is 12.8 Å². The first kappa shape index (κ1) is 46.0. The van der Waals surface area contributed by atoms with E-state index in [2.05, 4.69) is 42.7 Å². The van der Waals surface area contributed by atoms with Gasteiger partial charge in [0.25, 0.3) is 0 Å². The molecule has 0 radical (unpaired) electrons. The largest absolute Gasteiger partial charge is 0.480 e. The smallest absolute Gasteiger partial charge is 0.472 e. The number of unbranched alkanes of at least 4 members (excludes halogenated alkanes) is 16. The summed E-state index contributed by atoms with van der Waals surface area (Å²) < 4.78 is 32.4. The molecule has 0 aromatic rings. The number of carboxylic acids is 1. The number of hydrogen-bond acceptors (Lipinski definition) is 9. The van der Waals surface area contributed by atoms with Crippen molar-refractivity contribution in [2.75, 3.05) is 19.8 Å². The second kappa shape index (κ2) is 32.2. The first-order valence-corrected chi connectivity index (χ1v) is 19.9. The summed E-state index contributed by atoms with van der Waals surface area (Å²) in [6, 6.07) is -1.52. The van der Waals surface area contributed by atoms with E-state index in [1.165, 1.54) is 44.9 Å². The summed E-state index contributed by atoms with van der Waals surface area (Å²) in [7, 11) is -4.70. The Hall–Kier alpha value is -2.04. The second-order valence-corrected chi connectivity index (χ2v) is 13.8. The van der Waals surface area contributed by atoms with E-state index in [0.717, 1.165) is 70.6 Å². The number of phosphoric acid groups is 1. The third-order valence-electron chi connectivity index (χ3n) is 7.70. The molecule has 4 N–H and O–H groups in total. The quantitative estimate of drug-likeness (QED) is 0.0253. The minimum atomic E-state index is -4.70. The van der Waals surface area contributed by atoms with E-state index in [0.29, 0.717) is 12.8 Å². The zero-order valence-electron chi connectivity index (χ0n) is 29.8. The van der Waals surface area contributed by atoms with Gasteiger partial charge in [-0.05, 0) is 44.9 Å². The Kier molecular flexibility index (Phi) is 30.8. The fraction of sp³-hybridized carbons (Fsp3) is 0.806. The Morgan fingerprint density at radius 3 is 1.65 bits per heavy atom. The molecular formula is C36H66NO10P. The van der Waals surface area contributed by atoms with Crippen LogP contribution in [0.15, 0.2) is 24.3 Å². The molecular weight excluding hydrogens is 637 g/mol. The van der Waals surface area contributed by atoms with E-state index in [1.807, 2.05) is 0 Å². The van der Waals surface area contributed by atoms with Crippen LogP contribution in [0.1, 0.15) is 155 Å². The van der Waals surface area contributed by atoms with Gasteiger partial charge < -0.3 is 25.2 Å². The van der Waals surface area contributed by atoms with Crippen molar-refractivity contribution in [1.82, 2.24) is 0 Å². The van der Waals surface area contributed by atoms with Crippen LogP contribution >= 0.6 is 7.82 Å². The van der Waals surface area contributed by atoms with E-state index >= 15 is 0 Å². The molecule has 0 fully saturated rings. The van der Waals surface area contributed by atoms with Crippen molar-refractivity contribution in [2.45, 2.75) is 167 Å². The Morgan fingerprint density at radius 1 is 0.646 bits per heavy atom. The summed E-state index contributed by atoms with van der Waals surface area (Å²) in [6.07, 6.45) is 30.0. The average Bonchev–Trinajstić information content (AvgIpc) is 3.05. The molecule has 0 aliphatic heterocycles. The molecule has 0 spiro atoms. The van der Waals surface area contributed by atoms with Crippen molar-refractivity contribution in [3.05, 3.63) is 24.3 Å². The monoisotopic (exact) mass is 703 g/mol. The molecule has 12 heteroatoms. The lowest BCUT2D eigenvalue weighted by Gasteiger charge is -2.20. The number of carbonyl (C=O) groups is 3. The summed E-state index contributed by atoms with van der Waals surface area (Å²) in [6.45, 7) is 2.68. The first-order chi connectivity index (χ1) is 23.1. The number of esters is 2. The van der Waals surface area contributed by atoms with Gasteiger partial charge in [-0.25, -0.2) is 4.57 Å². The minimum absolute atomic E-state index is 0.154. The van der Waals surface area contributed by atoms with Gasteiger partial charge in [0.05, 0.1) is 13.2 Å². The van der Waals surface area contributed by atoms with Crippen LogP contribution in [0.5, 0.6) is 0 Å². The van der Waals surface area contributed by atoms with Gasteiger partial charge in [0.1, 0.15) is 12.6 Å². The first-order valence-electron chi connectivity index (χ1n) is 18.4. The zero-order chi connectivity index (χ0) is 35.7. The maximum Gasteiger partial charge on any atom is 0.472 e. The lowest BCUT2D eigenvalue weighted by atomic mass is 10.1. The standard InChI is InChI=1S/C36H66NO10P/c1-3-5-7-9-11-12-13-14-15-16-17-18-19-20-21-22-24-26-28-35(39)47-32(29-44-34(38)27-25-23-10-8-6-4-2)30-45-48(42,43)46-31-33(37)36(40)41/h12-13,15-16,32-33H,3-11,14,17-31,37H2,1-2H3,(H,40,41)(H,42,43)/b13-12-,16-15-. The third kappa shape index (κ3) is 31.2. The second-order valence-electron chi connectivity index (χ2n) is 12.4. The number of phosphoric ester groups is 1. The highest BCUT2D eigenvalue weighted by atomic mass is 31.2. The Bertz CT molecular complexity index is 926. The predicted octanol–water partition coefficient (Wildman–Crippen LogP) is 8.72. The van der Waals surface area contributed by atoms with Crippen LogP contribution in [0.25, 0.3) is 0 Å². The van der Waals surface area contributed by atoms with Crippen molar-refractivity contribution in [1.29, 1.82) is 0 Å². The molecule has 0 amide bonds. The molecule has 0 bridgehead atoms. The molecule has 0 rings (SSSR count). The molecule has 0 heterocycles. The van der Waals surface area contributed by atoms with E-state index < -0.39 is 51.1 Å². The van der Waals surface area contributed by atoms with E-state index in [1.54, 1.807) is 0 Å².